The summed E-state index contributed by atoms with van der Waals surface area (Å²) in [4.78, 5) is 18.0. The predicted octanol–water partition coefficient (Wildman–Crippen LogP) is 5.24. The van der Waals surface area contributed by atoms with Crippen LogP contribution in [0.15, 0.2) is 82.5 Å². The lowest BCUT2D eigenvalue weighted by atomic mass is 9.98. The van der Waals surface area contributed by atoms with E-state index in [2.05, 4.69) is 40.6 Å². The summed E-state index contributed by atoms with van der Waals surface area (Å²) in [6, 6.07) is 4.76. The number of anilines is 1. The van der Waals surface area contributed by atoms with Crippen molar-refractivity contribution in [1.82, 2.24) is 10.2 Å². The first-order valence-corrected chi connectivity index (χ1v) is 11.8. The summed E-state index contributed by atoms with van der Waals surface area (Å²) >= 11 is 0. The summed E-state index contributed by atoms with van der Waals surface area (Å²) in [5.41, 5.74) is 6.26. The zero-order valence-corrected chi connectivity index (χ0v) is 21.1. The number of benzene rings is 1. The SMILES string of the molecule is C=C/C(=C(/C)C1=C(C)OCCN1)N1CC/C(=C/N=C(C)Nc2ccc(CC(C)=O)c(F)c2)C(=C)C1. The van der Waals surface area contributed by atoms with Crippen LogP contribution in [0.2, 0.25) is 0 Å². The second-order valence-electron chi connectivity index (χ2n) is 8.87. The van der Waals surface area contributed by atoms with Gasteiger partial charge in [0, 0.05) is 43.6 Å². The topological polar surface area (TPSA) is 66.0 Å². The van der Waals surface area contributed by atoms with Crippen molar-refractivity contribution >= 4 is 17.3 Å². The number of aliphatic imine (C=N–C) groups is 1. The van der Waals surface area contributed by atoms with E-state index in [4.69, 9.17) is 4.74 Å². The van der Waals surface area contributed by atoms with Gasteiger partial charge in [-0.2, -0.15) is 0 Å². The van der Waals surface area contributed by atoms with Crippen LogP contribution in [0, 0.1) is 5.82 Å². The number of nitrogens with one attached hydrogen (secondary N) is 2. The molecule has 6 nitrogen and oxygen atoms in total. The van der Waals surface area contributed by atoms with Gasteiger partial charge < -0.3 is 20.3 Å². The lowest BCUT2D eigenvalue weighted by molar-refractivity contribution is -0.116. The number of rotatable bonds is 7. The zero-order valence-electron chi connectivity index (χ0n) is 21.1. The summed E-state index contributed by atoms with van der Waals surface area (Å²) in [5, 5.41) is 6.54. The number of carbonyl (C=O) groups is 1. The van der Waals surface area contributed by atoms with E-state index in [9.17, 15) is 9.18 Å². The standard InChI is InChI=1S/C28H35FN4O2/c1-7-27(20(4)28-21(5)35-13-11-30-28)33-12-10-24(18(2)17-33)16-31-22(6)32-25-9-8-23(14-19(3)34)26(29)15-25/h7-9,15-16,30H,1-2,10-14,17H2,3-6H3,(H,31,32)/b24-16-,27-20+. The third-order valence-corrected chi connectivity index (χ3v) is 6.09. The average Bonchev–Trinajstić information content (AvgIpc) is 2.81. The summed E-state index contributed by atoms with van der Waals surface area (Å²) in [6.07, 6.45) is 4.61. The van der Waals surface area contributed by atoms with Crippen LogP contribution in [0.5, 0.6) is 0 Å². The van der Waals surface area contributed by atoms with Crippen molar-refractivity contribution in [2.45, 2.75) is 40.5 Å². The normalized spacial score (nSPS) is 18.7. The van der Waals surface area contributed by atoms with Gasteiger partial charge in [0.2, 0.25) is 0 Å². The molecule has 0 atom stereocenters. The number of piperidine rings is 1. The Morgan fingerprint density at radius 3 is 2.74 bits per heavy atom. The van der Waals surface area contributed by atoms with Crippen LogP contribution in [0.4, 0.5) is 10.1 Å². The van der Waals surface area contributed by atoms with Crippen LogP contribution < -0.4 is 10.6 Å². The van der Waals surface area contributed by atoms with Crippen LogP contribution in [0.1, 0.15) is 39.7 Å². The third kappa shape index (κ3) is 6.72. The monoisotopic (exact) mass is 478 g/mol. The molecule has 0 unspecified atom stereocenters. The Morgan fingerprint density at radius 1 is 1.34 bits per heavy atom. The number of hydrogen-bond donors (Lipinski definition) is 2. The largest absolute Gasteiger partial charge is 0.494 e. The van der Waals surface area contributed by atoms with E-state index in [1.807, 2.05) is 26.1 Å². The Morgan fingerprint density at radius 2 is 2.11 bits per heavy atom. The first-order valence-electron chi connectivity index (χ1n) is 11.8. The van der Waals surface area contributed by atoms with Crippen molar-refractivity contribution < 1.29 is 13.9 Å². The molecular formula is C28H35FN4O2. The molecule has 7 heteroatoms. The maximum Gasteiger partial charge on any atom is 0.134 e. The van der Waals surface area contributed by atoms with Crippen LogP contribution in [0.25, 0.3) is 0 Å². The molecule has 2 aliphatic heterocycles. The first-order chi connectivity index (χ1) is 16.7. The number of carbonyl (C=O) groups excluding carboxylic acids is 1. The van der Waals surface area contributed by atoms with Crippen molar-refractivity contribution in [3.8, 4) is 0 Å². The molecule has 2 N–H and O–H groups in total. The highest BCUT2D eigenvalue weighted by molar-refractivity contribution is 5.94. The first kappa shape index (κ1) is 26.0. The van der Waals surface area contributed by atoms with Gasteiger partial charge in [-0.1, -0.05) is 19.2 Å². The minimum absolute atomic E-state index is 0.0713. The lowest BCUT2D eigenvalue weighted by Gasteiger charge is -2.34. The fourth-order valence-corrected chi connectivity index (χ4v) is 4.28. The summed E-state index contributed by atoms with van der Waals surface area (Å²) in [6.45, 7) is 18.6. The number of Topliss-reactive ketones (excluding diaryl/α,β-unsaturated/α-hetero) is 1. The number of ether oxygens (including phenoxy) is 1. The molecule has 0 amide bonds. The van der Waals surface area contributed by atoms with Gasteiger partial charge in [-0.15, -0.1) is 0 Å². The quantitative estimate of drug-likeness (QED) is 0.319. The second-order valence-corrected chi connectivity index (χ2v) is 8.87. The fourth-order valence-electron chi connectivity index (χ4n) is 4.28. The highest BCUT2D eigenvalue weighted by Gasteiger charge is 2.22. The van der Waals surface area contributed by atoms with Crippen molar-refractivity contribution in [2.24, 2.45) is 4.99 Å². The van der Waals surface area contributed by atoms with E-state index in [1.54, 1.807) is 12.1 Å². The highest BCUT2D eigenvalue weighted by atomic mass is 19.1. The van der Waals surface area contributed by atoms with E-state index >= 15 is 0 Å². The van der Waals surface area contributed by atoms with Gasteiger partial charge in [0.15, 0.2) is 0 Å². The maximum atomic E-state index is 14.2. The van der Waals surface area contributed by atoms with Crippen molar-refractivity contribution in [3.63, 3.8) is 0 Å². The van der Waals surface area contributed by atoms with Crippen molar-refractivity contribution in [2.75, 3.05) is 31.6 Å². The molecular weight excluding hydrogens is 443 g/mol. The van der Waals surface area contributed by atoms with E-state index < -0.39 is 5.82 Å². The summed E-state index contributed by atoms with van der Waals surface area (Å²) in [7, 11) is 0. The minimum Gasteiger partial charge on any atom is -0.494 e. The van der Waals surface area contributed by atoms with E-state index in [0.29, 0.717) is 30.2 Å². The molecule has 0 spiro atoms. The average molecular weight is 479 g/mol. The van der Waals surface area contributed by atoms with Crippen LogP contribution in [0.3, 0.4) is 0 Å². The number of likely N-dealkylation sites (tertiary alicyclic amines) is 1. The molecule has 0 radical (unpaired) electrons. The molecule has 1 aromatic rings. The van der Waals surface area contributed by atoms with E-state index in [0.717, 1.165) is 53.4 Å². The Hall–Kier alpha value is -3.61. The highest BCUT2D eigenvalue weighted by Crippen LogP contribution is 2.28. The van der Waals surface area contributed by atoms with Gasteiger partial charge in [-0.25, -0.2) is 9.38 Å². The Kier molecular flexibility index (Phi) is 8.68. The van der Waals surface area contributed by atoms with E-state index in [1.165, 1.54) is 13.0 Å². The second kappa shape index (κ2) is 11.7. The lowest BCUT2D eigenvalue weighted by Crippen LogP contribution is -2.33. The van der Waals surface area contributed by atoms with Gasteiger partial charge >= 0.3 is 0 Å². The predicted molar refractivity (Wildman–Crippen MR) is 140 cm³/mol. The van der Waals surface area contributed by atoms with Crippen LogP contribution in [-0.2, 0) is 16.0 Å². The summed E-state index contributed by atoms with van der Waals surface area (Å²) < 4.78 is 19.9. The van der Waals surface area contributed by atoms with Gasteiger partial charge in [0.25, 0.3) is 0 Å². The molecule has 3 rings (SSSR count). The van der Waals surface area contributed by atoms with Crippen molar-refractivity contribution in [3.05, 3.63) is 88.9 Å². The van der Waals surface area contributed by atoms with Gasteiger partial charge in [-0.3, -0.25) is 4.79 Å². The van der Waals surface area contributed by atoms with Crippen LogP contribution >= 0.6 is 0 Å². The Labute approximate surface area is 207 Å². The van der Waals surface area contributed by atoms with Gasteiger partial charge in [0.05, 0.1) is 5.70 Å². The molecule has 1 aromatic carbocycles. The number of nitrogens with zero attached hydrogens (tertiary/aromatic N) is 2. The number of halogens is 1. The molecule has 1 fully saturated rings. The van der Waals surface area contributed by atoms with Gasteiger partial charge in [0.1, 0.15) is 29.8 Å². The molecule has 0 saturated carbocycles. The van der Waals surface area contributed by atoms with Gasteiger partial charge in [-0.05, 0) is 74.6 Å². The molecule has 2 heterocycles. The zero-order chi connectivity index (χ0) is 25.5. The number of amidine groups is 1. The summed E-state index contributed by atoms with van der Waals surface area (Å²) in [5.74, 6) is 1.06. The van der Waals surface area contributed by atoms with Crippen molar-refractivity contribution in [1.29, 1.82) is 0 Å². The minimum atomic E-state index is -0.403. The molecule has 0 bridgehead atoms. The van der Waals surface area contributed by atoms with Crippen LogP contribution in [-0.4, -0.2) is 42.8 Å². The molecule has 0 aliphatic carbocycles. The third-order valence-electron chi connectivity index (χ3n) is 6.09. The van der Waals surface area contributed by atoms with E-state index in [-0.39, 0.29) is 12.2 Å². The fraction of sp³-hybridized carbons (Fsp3) is 0.357. The Bertz CT molecular complexity index is 1140. The molecule has 0 aromatic heterocycles. The molecule has 35 heavy (non-hydrogen) atoms. The number of allylic oxidation sites excluding steroid dienone is 3. The number of hydrogen-bond acceptors (Lipinski definition) is 5. The smallest absolute Gasteiger partial charge is 0.134 e. The Balaban J connectivity index is 1.67. The molecule has 186 valence electrons. The maximum absolute atomic E-state index is 14.2. The molecule has 1 saturated heterocycles. The molecule has 2 aliphatic rings. The number of ketones is 1.